The zero-order chi connectivity index (χ0) is 10.3. The maximum Gasteiger partial charge on any atom is 0.159 e. The summed E-state index contributed by atoms with van der Waals surface area (Å²) in [6.45, 7) is 0. The van der Waals surface area contributed by atoms with Crippen molar-refractivity contribution in [1.29, 1.82) is 0 Å². The summed E-state index contributed by atoms with van der Waals surface area (Å²) >= 11 is 0. The van der Waals surface area contributed by atoms with Crippen LogP contribution in [-0.4, -0.2) is 0 Å². The molecule has 14 heavy (non-hydrogen) atoms. The molecule has 2 nitrogen and oxygen atoms in total. The third kappa shape index (κ3) is 1.25. The van der Waals surface area contributed by atoms with Gasteiger partial charge in [0, 0.05) is 0 Å². The lowest BCUT2D eigenvalue weighted by molar-refractivity contribution is 0.511. The molecule has 0 unspecified atom stereocenters. The fourth-order valence-corrected chi connectivity index (χ4v) is 1.33. The van der Waals surface area contributed by atoms with Gasteiger partial charge in [0.05, 0.1) is 11.4 Å². The highest BCUT2D eigenvalue weighted by Crippen LogP contribution is 2.25. The zero-order valence-electron chi connectivity index (χ0n) is 7.22. The summed E-state index contributed by atoms with van der Waals surface area (Å²) in [5.74, 6) is -1.77. The quantitative estimate of drug-likeness (QED) is 0.632. The third-order valence-electron chi connectivity index (χ3n) is 2.08. The number of rotatable bonds is 0. The molecule has 2 rings (SSSR count). The number of nitrogen functional groups attached to an aromatic ring is 2. The van der Waals surface area contributed by atoms with Crippen LogP contribution in [0, 0.1) is 11.6 Å². The minimum Gasteiger partial charge on any atom is -0.397 e. The number of hydrogen-bond acceptors (Lipinski definition) is 2. The summed E-state index contributed by atoms with van der Waals surface area (Å²) in [5.41, 5.74) is 11.8. The van der Waals surface area contributed by atoms with E-state index in [1.165, 1.54) is 12.1 Å². The molecular weight excluding hydrogens is 186 g/mol. The molecule has 4 N–H and O–H groups in total. The van der Waals surface area contributed by atoms with Gasteiger partial charge in [-0.1, -0.05) is 0 Å². The van der Waals surface area contributed by atoms with E-state index in [0.29, 0.717) is 22.1 Å². The molecule has 0 heterocycles. The van der Waals surface area contributed by atoms with E-state index in [2.05, 4.69) is 0 Å². The fourth-order valence-electron chi connectivity index (χ4n) is 1.33. The Morgan fingerprint density at radius 1 is 0.714 bits per heavy atom. The number of hydrogen-bond donors (Lipinski definition) is 2. The van der Waals surface area contributed by atoms with E-state index in [9.17, 15) is 8.78 Å². The number of fused-ring (bicyclic) bond motifs is 1. The summed E-state index contributed by atoms with van der Waals surface area (Å²) in [7, 11) is 0. The Kier molecular flexibility index (Phi) is 1.77. The highest BCUT2D eigenvalue weighted by molar-refractivity contribution is 5.90. The molecule has 0 aliphatic rings. The average Bonchev–Trinajstić information content (AvgIpc) is 2.11. The van der Waals surface area contributed by atoms with Gasteiger partial charge in [-0.25, -0.2) is 8.78 Å². The minimum absolute atomic E-state index is 0.364. The van der Waals surface area contributed by atoms with Crippen LogP contribution in [0.3, 0.4) is 0 Å². The topological polar surface area (TPSA) is 52.0 Å². The van der Waals surface area contributed by atoms with E-state index in [1.54, 1.807) is 0 Å². The lowest BCUT2D eigenvalue weighted by Gasteiger charge is -2.04. The van der Waals surface area contributed by atoms with Gasteiger partial charge in [0.25, 0.3) is 0 Å². The first-order valence-corrected chi connectivity index (χ1v) is 4.01. The number of benzene rings is 2. The summed E-state index contributed by atoms with van der Waals surface area (Å²) < 4.78 is 25.7. The lowest BCUT2D eigenvalue weighted by atomic mass is 10.1. The van der Waals surface area contributed by atoms with Gasteiger partial charge in [0.15, 0.2) is 11.6 Å². The van der Waals surface area contributed by atoms with Crippen LogP contribution in [0.25, 0.3) is 10.8 Å². The summed E-state index contributed by atoms with van der Waals surface area (Å²) in [4.78, 5) is 0. The van der Waals surface area contributed by atoms with Gasteiger partial charge in [-0.2, -0.15) is 0 Å². The van der Waals surface area contributed by atoms with Crippen LogP contribution in [0.15, 0.2) is 24.3 Å². The second-order valence-corrected chi connectivity index (χ2v) is 3.09. The van der Waals surface area contributed by atoms with Crippen molar-refractivity contribution >= 4 is 22.1 Å². The van der Waals surface area contributed by atoms with Crippen molar-refractivity contribution in [3.63, 3.8) is 0 Å². The third-order valence-corrected chi connectivity index (χ3v) is 2.08. The molecule has 0 radical (unpaired) electrons. The minimum atomic E-state index is -0.887. The van der Waals surface area contributed by atoms with Crippen molar-refractivity contribution in [3.05, 3.63) is 35.9 Å². The van der Waals surface area contributed by atoms with Crippen LogP contribution in [-0.2, 0) is 0 Å². The van der Waals surface area contributed by atoms with Crippen LogP contribution < -0.4 is 11.5 Å². The smallest absolute Gasteiger partial charge is 0.159 e. The molecule has 0 aromatic heterocycles. The molecule has 0 saturated heterocycles. The molecule has 0 aliphatic heterocycles. The molecule has 0 saturated carbocycles. The molecule has 2 aromatic carbocycles. The van der Waals surface area contributed by atoms with Gasteiger partial charge in [0.2, 0.25) is 0 Å². The van der Waals surface area contributed by atoms with Crippen molar-refractivity contribution in [2.75, 3.05) is 11.5 Å². The normalized spacial score (nSPS) is 10.7. The summed E-state index contributed by atoms with van der Waals surface area (Å²) in [6, 6.07) is 5.24. The van der Waals surface area contributed by atoms with Crippen LogP contribution in [0.1, 0.15) is 0 Å². The summed E-state index contributed by atoms with van der Waals surface area (Å²) in [6.07, 6.45) is 0. The van der Waals surface area contributed by atoms with E-state index in [0.717, 1.165) is 12.1 Å². The number of anilines is 2. The number of halogens is 2. The first-order chi connectivity index (χ1) is 6.58. The zero-order valence-corrected chi connectivity index (χ0v) is 7.22. The van der Waals surface area contributed by atoms with Crippen molar-refractivity contribution in [3.8, 4) is 0 Å². The average molecular weight is 194 g/mol. The molecule has 0 fully saturated rings. The second-order valence-electron chi connectivity index (χ2n) is 3.09. The SMILES string of the molecule is Nc1cc2cc(F)c(F)cc2cc1N. The fraction of sp³-hybridized carbons (Fsp3) is 0. The highest BCUT2D eigenvalue weighted by atomic mass is 19.2. The predicted molar refractivity (Wildman–Crippen MR) is 52.7 cm³/mol. The Hall–Kier alpha value is -1.84. The van der Waals surface area contributed by atoms with Gasteiger partial charge >= 0.3 is 0 Å². The molecular formula is C10H8F2N2. The van der Waals surface area contributed by atoms with E-state index in [-0.39, 0.29) is 0 Å². The van der Waals surface area contributed by atoms with E-state index in [1.807, 2.05) is 0 Å². The Morgan fingerprint density at radius 3 is 1.43 bits per heavy atom. The van der Waals surface area contributed by atoms with E-state index in [4.69, 9.17) is 11.5 Å². The Balaban J connectivity index is 2.83. The maximum atomic E-state index is 12.8. The molecule has 0 spiro atoms. The first-order valence-electron chi connectivity index (χ1n) is 4.01. The highest BCUT2D eigenvalue weighted by Gasteiger charge is 2.05. The van der Waals surface area contributed by atoms with Crippen molar-refractivity contribution in [2.24, 2.45) is 0 Å². The van der Waals surface area contributed by atoms with Crippen LogP contribution in [0.2, 0.25) is 0 Å². The van der Waals surface area contributed by atoms with Gasteiger partial charge in [-0.05, 0) is 35.0 Å². The summed E-state index contributed by atoms with van der Waals surface area (Å²) in [5, 5.41) is 1.08. The van der Waals surface area contributed by atoms with Crippen LogP contribution in [0.4, 0.5) is 20.2 Å². The Labute approximate surface area is 79.1 Å². The van der Waals surface area contributed by atoms with Crippen LogP contribution in [0.5, 0.6) is 0 Å². The largest absolute Gasteiger partial charge is 0.397 e. The molecule has 4 heteroatoms. The molecule has 0 amide bonds. The predicted octanol–water partition coefficient (Wildman–Crippen LogP) is 2.28. The van der Waals surface area contributed by atoms with Crippen molar-refractivity contribution in [2.45, 2.75) is 0 Å². The number of nitrogens with two attached hydrogens (primary N) is 2. The Morgan fingerprint density at radius 2 is 1.07 bits per heavy atom. The van der Waals surface area contributed by atoms with E-state index >= 15 is 0 Å². The van der Waals surface area contributed by atoms with Gasteiger partial charge in [-0.3, -0.25) is 0 Å². The molecule has 0 atom stereocenters. The van der Waals surface area contributed by atoms with Crippen molar-refractivity contribution in [1.82, 2.24) is 0 Å². The van der Waals surface area contributed by atoms with Crippen molar-refractivity contribution < 1.29 is 8.78 Å². The van der Waals surface area contributed by atoms with Gasteiger partial charge < -0.3 is 11.5 Å². The standard InChI is InChI=1S/C10H8F2N2/c11-7-1-5-3-9(13)10(14)4-6(5)2-8(7)12/h1-4H,13-14H2. The van der Waals surface area contributed by atoms with Gasteiger partial charge in [-0.15, -0.1) is 0 Å². The first kappa shape index (κ1) is 8.74. The molecule has 72 valence electrons. The second kappa shape index (κ2) is 2.83. The molecule has 0 bridgehead atoms. The van der Waals surface area contributed by atoms with Gasteiger partial charge in [0.1, 0.15) is 0 Å². The van der Waals surface area contributed by atoms with Crippen LogP contribution >= 0.6 is 0 Å². The molecule has 0 aliphatic carbocycles. The van der Waals surface area contributed by atoms with E-state index < -0.39 is 11.6 Å². The monoisotopic (exact) mass is 194 g/mol. The maximum absolute atomic E-state index is 12.8. The molecule has 2 aromatic rings. The lowest BCUT2D eigenvalue weighted by Crippen LogP contribution is -1.95. The Bertz CT molecular complexity index is 420.